The van der Waals surface area contributed by atoms with E-state index in [1.54, 1.807) is 13.8 Å². The minimum absolute atomic E-state index is 0.0832. The Labute approximate surface area is 228 Å². The molecule has 4 rings (SSSR count). The maximum Gasteiger partial charge on any atom is 0.421 e. The van der Waals surface area contributed by atoms with Gasteiger partial charge in [-0.3, -0.25) is 4.79 Å². The van der Waals surface area contributed by atoms with Crippen LogP contribution in [0.25, 0.3) is 0 Å². The second kappa shape index (κ2) is 11.3. The molecule has 3 aromatic heterocycles. The first kappa shape index (κ1) is 28.4. The zero-order valence-electron chi connectivity index (χ0n) is 20.7. The number of rotatable bonds is 8. The molecule has 1 N–H and O–H groups in total. The van der Waals surface area contributed by atoms with Gasteiger partial charge in [-0.2, -0.15) is 28.2 Å². The van der Waals surface area contributed by atoms with E-state index >= 15 is 4.39 Å². The Morgan fingerprint density at radius 1 is 1.10 bits per heavy atom. The van der Waals surface area contributed by atoms with Crippen LogP contribution >= 0.6 is 11.6 Å². The molecule has 0 saturated carbocycles. The van der Waals surface area contributed by atoms with Crippen LogP contribution in [-0.4, -0.2) is 48.0 Å². The molecule has 4 aromatic rings. The summed E-state index contributed by atoms with van der Waals surface area (Å²) in [6.07, 6.45) is 0.0278. The maximum atomic E-state index is 15.3. The summed E-state index contributed by atoms with van der Waals surface area (Å²) in [5.41, 5.74) is -2.31. The lowest BCUT2D eigenvalue weighted by Gasteiger charge is -2.28. The zero-order valence-corrected chi connectivity index (χ0v) is 21.5. The Morgan fingerprint density at radius 3 is 2.38 bits per heavy atom. The standard InChI is InChI=1S/C25H19ClF4N6O4/c1-13(2)36(23(37)19-4-3-15(26)11-31-19)20-9-18(27)21(8-16(20)24(38)39)40-22-17(25(28,29)30)7-14(10-32-22)12-35-33-5-6-34-35/h3-11,13H,12H2,1-2H3,(H,38,39). The molecular formula is C25H19ClF4N6O4. The van der Waals surface area contributed by atoms with Crippen molar-refractivity contribution >= 4 is 29.2 Å². The molecule has 208 valence electrons. The molecule has 0 saturated heterocycles. The fraction of sp³-hybridized carbons (Fsp3) is 0.200. The van der Waals surface area contributed by atoms with Gasteiger partial charge in [0.05, 0.1) is 35.2 Å². The number of amides is 1. The van der Waals surface area contributed by atoms with Gasteiger partial charge in [0.1, 0.15) is 11.3 Å². The SMILES string of the molecule is CC(C)N(C(=O)c1ccc(Cl)cn1)c1cc(F)c(Oc2ncc(Cn3nccn3)cc2C(F)(F)F)cc1C(=O)O. The maximum absolute atomic E-state index is 15.3. The first-order valence-corrected chi connectivity index (χ1v) is 11.8. The number of ether oxygens (including phenoxy) is 1. The van der Waals surface area contributed by atoms with E-state index in [0.717, 1.165) is 22.0 Å². The summed E-state index contributed by atoms with van der Waals surface area (Å²) < 4.78 is 62.0. The average Bonchev–Trinajstić information content (AvgIpc) is 3.39. The van der Waals surface area contributed by atoms with Crippen molar-refractivity contribution in [2.75, 3.05) is 4.90 Å². The molecule has 0 unspecified atom stereocenters. The summed E-state index contributed by atoms with van der Waals surface area (Å²) in [5, 5.41) is 17.8. The smallest absolute Gasteiger partial charge is 0.421 e. The number of carboxylic acid groups (broad SMARTS) is 1. The van der Waals surface area contributed by atoms with Gasteiger partial charge < -0.3 is 14.7 Å². The van der Waals surface area contributed by atoms with Crippen molar-refractivity contribution in [2.45, 2.75) is 32.6 Å². The normalized spacial score (nSPS) is 11.5. The number of hydrogen-bond donors (Lipinski definition) is 1. The highest BCUT2D eigenvalue weighted by Gasteiger charge is 2.37. The number of pyridine rings is 2. The Kier molecular flexibility index (Phi) is 8.00. The van der Waals surface area contributed by atoms with Crippen LogP contribution in [0.2, 0.25) is 5.02 Å². The Bertz CT molecular complexity index is 1550. The molecule has 0 fully saturated rings. The van der Waals surface area contributed by atoms with Crippen molar-refractivity contribution in [1.29, 1.82) is 0 Å². The molecule has 0 aliphatic rings. The van der Waals surface area contributed by atoms with Gasteiger partial charge in [0.25, 0.3) is 5.91 Å². The highest BCUT2D eigenvalue weighted by atomic mass is 35.5. The monoisotopic (exact) mass is 578 g/mol. The van der Waals surface area contributed by atoms with Crippen LogP contribution in [0.15, 0.2) is 55.1 Å². The third-order valence-electron chi connectivity index (χ3n) is 5.43. The predicted molar refractivity (Wildman–Crippen MR) is 133 cm³/mol. The number of carbonyl (C=O) groups excluding carboxylic acids is 1. The molecule has 3 heterocycles. The minimum Gasteiger partial charge on any atom is -0.478 e. The fourth-order valence-corrected chi connectivity index (χ4v) is 3.81. The lowest BCUT2D eigenvalue weighted by molar-refractivity contribution is -0.139. The Hall–Kier alpha value is -4.59. The molecule has 15 heteroatoms. The fourth-order valence-electron chi connectivity index (χ4n) is 3.70. The van der Waals surface area contributed by atoms with Crippen molar-refractivity contribution < 1.29 is 37.0 Å². The molecule has 0 bridgehead atoms. The molecule has 40 heavy (non-hydrogen) atoms. The van der Waals surface area contributed by atoms with Crippen LogP contribution in [0.4, 0.5) is 23.2 Å². The molecule has 1 aromatic carbocycles. The van der Waals surface area contributed by atoms with E-state index in [0.29, 0.717) is 12.1 Å². The zero-order chi connectivity index (χ0) is 29.2. The third-order valence-corrected chi connectivity index (χ3v) is 5.66. The van der Waals surface area contributed by atoms with Gasteiger partial charge in [-0.25, -0.2) is 19.2 Å². The van der Waals surface area contributed by atoms with E-state index < -0.39 is 52.7 Å². The molecular weight excluding hydrogens is 560 g/mol. The second-order valence-electron chi connectivity index (χ2n) is 8.59. The highest BCUT2D eigenvalue weighted by Crippen LogP contribution is 2.39. The number of anilines is 1. The van der Waals surface area contributed by atoms with E-state index in [1.807, 2.05) is 0 Å². The summed E-state index contributed by atoms with van der Waals surface area (Å²) >= 11 is 5.82. The van der Waals surface area contributed by atoms with Crippen molar-refractivity contribution in [1.82, 2.24) is 25.0 Å². The number of carboxylic acids is 1. The summed E-state index contributed by atoms with van der Waals surface area (Å²) in [6, 6.07) is 4.16. The molecule has 1 amide bonds. The first-order valence-electron chi connectivity index (χ1n) is 11.4. The second-order valence-corrected chi connectivity index (χ2v) is 9.03. The van der Waals surface area contributed by atoms with Crippen molar-refractivity contribution in [2.24, 2.45) is 0 Å². The number of benzene rings is 1. The number of nitrogens with zero attached hydrogens (tertiary/aromatic N) is 6. The van der Waals surface area contributed by atoms with E-state index in [2.05, 4.69) is 20.2 Å². The summed E-state index contributed by atoms with van der Waals surface area (Å²) in [7, 11) is 0. The van der Waals surface area contributed by atoms with Crippen molar-refractivity contribution in [3.05, 3.63) is 88.3 Å². The Balaban J connectivity index is 1.74. The highest BCUT2D eigenvalue weighted by molar-refractivity contribution is 6.30. The minimum atomic E-state index is -4.95. The van der Waals surface area contributed by atoms with Crippen LogP contribution in [0, 0.1) is 5.82 Å². The van der Waals surface area contributed by atoms with E-state index in [-0.39, 0.29) is 28.5 Å². The molecule has 0 aliphatic carbocycles. The van der Waals surface area contributed by atoms with E-state index in [4.69, 9.17) is 16.3 Å². The summed E-state index contributed by atoms with van der Waals surface area (Å²) in [6.45, 7) is 2.99. The Morgan fingerprint density at radius 2 is 1.80 bits per heavy atom. The number of hydrogen-bond acceptors (Lipinski definition) is 7. The average molecular weight is 579 g/mol. The number of aromatic nitrogens is 5. The van der Waals surface area contributed by atoms with Gasteiger partial charge in [-0.05, 0) is 37.6 Å². The lowest BCUT2D eigenvalue weighted by Crippen LogP contribution is -2.38. The molecule has 0 spiro atoms. The third kappa shape index (κ3) is 6.17. The first-order chi connectivity index (χ1) is 18.8. The van der Waals surface area contributed by atoms with Gasteiger partial charge in [0.15, 0.2) is 11.6 Å². The summed E-state index contributed by atoms with van der Waals surface area (Å²) in [5.74, 6) is -5.43. The van der Waals surface area contributed by atoms with Gasteiger partial charge in [0.2, 0.25) is 5.88 Å². The van der Waals surface area contributed by atoms with Crippen LogP contribution in [0.1, 0.15) is 45.8 Å². The molecule has 0 aliphatic heterocycles. The largest absolute Gasteiger partial charge is 0.478 e. The van der Waals surface area contributed by atoms with Crippen LogP contribution < -0.4 is 9.64 Å². The number of alkyl halides is 3. The van der Waals surface area contributed by atoms with Crippen molar-refractivity contribution in [3.8, 4) is 11.6 Å². The molecule has 0 atom stereocenters. The van der Waals surface area contributed by atoms with Crippen LogP contribution in [0.3, 0.4) is 0 Å². The summed E-state index contributed by atoms with van der Waals surface area (Å²) in [4.78, 5) is 35.1. The van der Waals surface area contributed by atoms with Gasteiger partial charge in [-0.15, -0.1) is 0 Å². The van der Waals surface area contributed by atoms with Gasteiger partial charge in [-0.1, -0.05) is 11.6 Å². The van der Waals surface area contributed by atoms with Gasteiger partial charge in [0, 0.05) is 30.6 Å². The van der Waals surface area contributed by atoms with E-state index in [1.165, 1.54) is 30.7 Å². The van der Waals surface area contributed by atoms with Crippen molar-refractivity contribution in [3.63, 3.8) is 0 Å². The molecule has 0 radical (unpaired) electrons. The lowest BCUT2D eigenvalue weighted by atomic mass is 10.1. The molecule has 10 nitrogen and oxygen atoms in total. The number of aromatic carboxylic acids is 1. The van der Waals surface area contributed by atoms with E-state index in [9.17, 15) is 27.9 Å². The van der Waals surface area contributed by atoms with Gasteiger partial charge >= 0.3 is 12.1 Å². The number of carbonyl (C=O) groups is 2. The quantitative estimate of drug-likeness (QED) is 0.273. The van der Waals surface area contributed by atoms with Crippen LogP contribution in [0.5, 0.6) is 11.6 Å². The topological polar surface area (TPSA) is 123 Å². The predicted octanol–water partition coefficient (Wildman–Crippen LogP) is 5.47. The van der Waals surface area contributed by atoms with Crippen LogP contribution in [-0.2, 0) is 12.7 Å². The number of halogens is 5.